The maximum absolute atomic E-state index is 13.6. The van der Waals surface area contributed by atoms with Crippen LogP contribution in [0.2, 0.25) is 0 Å². The molecule has 0 N–H and O–H groups in total. The normalized spacial score (nSPS) is 15.2. The minimum atomic E-state index is -0.0834. The fraction of sp³-hybridized carbons (Fsp3) is 0.294. The molecule has 1 aliphatic rings. The summed E-state index contributed by atoms with van der Waals surface area (Å²) in [6, 6.07) is 15.7. The molecule has 3 rings (SSSR count). The lowest BCUT2D eigenvalue weighted by Gasteiger charge is -2.28. The topological polar surface area (TPSA) is 3.24 Å². The summed E-state index contributed by atoms with van der Waals surface area (Å²) in [5, 5.41) is 0. The lowest BCUT2D eigenvalue weighted by atomic mass is 9.99. The first-order valence-corrected chi connectivity index (χ1v) is 6.85. The van der Waals surface area contributed by atoms with E-state index >= 15 is 0 Å². The Bertz CT molecular complexity index is 565. The van der Waals surface area contributed by atoms with Crippen LogP contribution in [0.5, 0.6) is 0 Å². The Morgan fingerprint density at radius 1 is 0.947 bits per heavy atom. The van der Waals surface area contributed by atoms with Crippen molar-refractivity contribution < 1.29 is 4.39 Å². The van der Waals surface area contributed by atoms with Gasteiger partial charge in [0.2, 0.25) is 0 Å². The van der Waals surface area contributed by atoms with Crippen LogP contribution >= 0.6 is 0 Å². The van der Waals surface area contributed by atoms with Gasteiger partial charge in [-0.2, -0.15) is 0 Å². The summed E-state index contributed by atoms with van der Waals surface area (Å²) in [4.78, 5) is 2.41. The van der Waals surface area contributed by atoms with Gasteiger partial charge in [-0.05, 0) is 35.6 Å². The third kappa shape index (κ3) is 2.85. The second-order valence-electron chi connectivity index (χ2n) is 5.14. The van der Waals surface area contributed by atoms with Crippen molar-refractivity contribution in [3.63, 3.8) is 0 Å². The van der Waals surface area contributed by atoms with Crippen molar-refractivity contribution >= 4 is 0 Å². The molecule has 2 heteroatoms. The number of hydrogen-bond acceptors (Lipinski definition) is 1. The molecular weight excluding hydrogens is 237 g/mol. The Labute approximate surface area is 113 Å². The van der Waals surface area contributed by atoms with E-state index in [0.717, 1.165) is 38.0 Å². The SMILES string of the molecule is Fc1ccccc1CCN1CCc2ccccc2C1. The van der Waals surface area contributed by atoms with E-state index in [1.54, 1.807) is 12.1 Å². The Balaban J connectivity index is 1.62. The van der Waals surface area contributed by atoms with Crippen molar-refractivity contribution in [1.82, 2.24) is 4.90 Å². The average molecular weight is 255 g/mol. The number of hydrogen-bond donors (Lipinski definition) is 0. The second kappa shape index (κ2) is 5.54. The van der Waals surface area contributed by atoms with Crippen molar-refractivity contribution in [1.29, 1.82) is 0 Å². The molecule has 0 amide bonds. The van der Waals surface area contributed by atoms with Gasteiger partial charge in [-0.3, -0.25) is 4.90 Å². The predicted molar refractivity (Wildman–Crippen MR) is 75.5 cm³/mol. The summed E-state index contributed by atoms with van der Waals surface area (Å²) in [5.41, 5.74) is 3.70. The van der Waals surface area contributed by atoms with Gasteiger partial charge >= 0.3 is 0 Å². The number of halogens is 1. The van der Waals surface area contributed by atoms with Crippen molar-refractivity contribution in [2.45, 2.75) is 19.4 Å². The second-order valence-corrected chi connectivity index (χ2v) is 5.14. The molecule has 0 saturated carbocycles. The maximum Gasteiger partial charge on any atom is 0.126 e. The Morgan fingerprint density at radius 2 is 1.68 bits per heavy atom. The van der Waals surface area contributed by atoms with Crippen LogP contribution in [0.15, 0.2) is 48.5 Å². The number of nitrogens with zero attached hydrogens (tertiary/aromatic N) is 1. The summed E-state index contributed by atoms with van der Waals surface area (Å²) in [6.45, 7) is 2.99. The van der Waals surface area contributed by atoms with Gasteiger partial charge in [0.1, 0.15) is 5.82 Å². The van der Waals surface area contributed by atoms with Gasteiger partial charge < -0.3 is 0 Å². The first-order valence-electron chi connectivity index (χ1n) is 6.85. The van der Waals surface area contributed by atoms with Crippen LogP contribution in [-0.2, 0) is 19.4 Å². The van der Waals surface area contributed by atoms with Gasteiger partial charge in [0.25, 0.3) is 0 Å². The van der Waals surface area contributed by atoms with Crippen LogP contribution in [-0.4, -0.2) is 18.0 Å². The molecular formula is C17H18FN. The van der Waals surface area contributed by atoms with Crippen LogP contribution in [0, 0.1) is 5.82 Å². The molecule has 0 aromatic heterocycles. The highest BCUT2D eigenvalue weighted by atomic mass is 19.1. The first-order chi connectivity index (χ1) is 9.33. The smallest absolute Gasteiger partial charge is 0.126 e. The van der Waals surface area contributed by atoms with Gasteiger partial charge in [0.05, 0.1) is 0 Å². The van der Waals surface area contributed by atoms with Gasteiger partial charge in [-0.1, -0.05) is 42.5 Å². The van der Waals surface area contributed by atoms with Gasteiger partial charge in [0, 0.05) is 19.6 Å². The predicted octanol–water partition coefficient (Wildman–Crippen LogP) is 3.43. The van der Waals surface area contributed by atoms with Gasteiger partial charge in [0.15, 0.2) is 0 Å². The molecule has 0 fully saturated rings. The van der Waals surface area contributed by atoms with Crippen LogP contribution in [0.1, 0.15) is 16.7 Å². The standard InChI is InChI=1S/C17H18FN/c18-17-8-4-3-6-15(17)10-12-19-11-9-14-5-1-2-7-16(14)13-19/h1-8H,9-13H2. The van der Waals surface area contributed by atoms with Crippen molar-refractivity contribution in [3.8, 4) is 0 Å². The zero-order valence-corrected chi connectivity index (χ0v) is 11.0. The van der Waals surface area contributed by atoms with Gasteiger partial charge in [-0.15, -0.1) is 0 Å². The van der Waals surface area contributed by atoms with E-state index in [1.165, 1.54) is 11.1 Å². The molecule has 98 valence electrons. The fourth-order valence-corrected chi connectivity index (χ4v) is 2.72. The molecule has 2 aromatic carbocycles. The maximum atomic E-state index is 13.6. The van der Waals surface area contributed by atoms with Crippen LogP contribution < -0.4 is 0 Å². The molecule has 0 unspecified atom stereocenters. The molecule has 19 heavy (non-hydrogen) atoms. The third-order valence-electron chi connectivity index (χ3n) is 3.86. The average Bonchev–Trinajstić information content (AvgIpc) is 2.46. The minimum Gasteiger partial charge on any atom is -0.298 e. The molecule has 1 aliphatic heterocycles. The van der Waals surface area contributed by atoms with Crippen LogP contribution in [0.3, 0.4) is 0 Å². The zero-order valence-electron chi connectivity index (χ0n) is 11.0. The number of rotatable bonds is 3. The Hall–Kier alpha value is -1.67. The minimum absolute atomic E-state index is 0.0834. The van der Waals surface area contributed by atoms with E-state index in [4.69, 9.17) is 0 Å². The van der Waals surface area contributed by atoms with Crippen molar-refractivity contribution in [2.24, 2.45) is 0 Å². The molecule has 0 bridgehead atoms. The molecule has 2 aromatic rings. The highest BCUT2D eigenvalue weighted by Crippen LogP contribution is 2.19. The van der Waals surface area contributed by atoms with E-state index in [1.807, 2.05) is 12.1 Å². The van der Waals surface area contributed by atoms with Crippen LogP contribution in [0.4, 0.5) is 4.39 Å². The summed E-state index contributed by atoms with van der Waals surface area (Å²) >= 11 is 0. The van der Waals surface area contributed by atoms with Crippen LogP contribution in [0.25, 0.3) is 0 Å². The summed E-state index contributed by atoms with van der Waals surface area (Å²) in [7, 11) is 0. The van der Waals surface area contributed by atoms with Crippen molar-refractivity contribution in [3.05, 3.63) is 71.0 Å². The largest absolute Gasteiger partial charge is 0.298 e. The number of fused-ring (bicyclic) bond motifs is 1. The van der Waals surface area contributed by atoms with E-state index in [2.05, 4.69) is 29.2 Å². The lowest BCUT2D eigenvalue weighted by Crippen LogP contribution is -2.32. The summed E-state index contributed by atoms with van der Waals surface area (Å²) in [5.74, 6) is -0.0834. The van der Waals surface area contributed by atoms with E-state index < -0.39 is 0 Å². The molecule has 0 radical (unpaired) electrons. The summed E-state index contributed by atoms with van der Waals surface area (Å²) in [6.07, 6.45) is 1.89. The molecule has 0 saturated heterocycles. The number of benzene rings is 2. The zero-order chi connectivity index (χ0) is 13.1. The highest BCUT2D eigenvalue weighted by Gasteiger charge is 2.15. The molecule has 0 spiro atoms. The molecule has 0 atom stereocenters. The molecule has 0 aliphatic carbocycles. The molecule has 1 heterocycles. The van der Waals surface area contributed by atoms with E-state index in [9.17, 15) is 4.39 Å². The Morgan fingerprint density at radius 3 is 2.53 bits per heavy atom. The Kier molecular flexibility index (Phi) is 3.60. The molecule has 1 nitrogen and oxygen atoms in total. The summed E-state index contributed by atoms with van der Waals surface area (Å²) < 4.78 is 13.6. The lowest BCUT2D eigenvalue weighted by molar-refractivity contribution is 0.256. The fourth-order valence-electron chi connectivity index (χ4n) is 2.72. The highest BCUT2D eigenvalue weighted by molar-refractivity contribution is 5.29. The first kappa shape index (κ1) is 12.4. The quantitative estimate of drug-likeness (QED) is 0.812. The van der Waals surface area contributed by atoms with Gasteiger partial charge in [-0.25, -0.2) is 4.39 Å². The van der Waals surface area contributed by atoms with E-state index in [0.29, 0.717) is 0 Å². The third-order valence-corrected chi connectivity index (χ3v) is 3.86. The van der Waals surface area contributed by atoms with E-state index in [-0.39, 0.29) is 5.82 Å². The monoisotopic (exact) mass is 255 g/mol. The van der Waals surface area contributed by atoms with Crippen molar-refractivity contribution in [2.75, 3.05) is 13.1 Å².